The van der Waals surface area contributed by atoms with E-state index in [4.69, 9.17) is 9.57 Å². The molecule has 178 valence electrons. The maximum Gasteiger partial charge on any atom is 0.276 e. The Bertz CT molecular complexity index is 1640. The molecule has 0 bridgehead atoms. The Balaban J connectivity index is 1.20. The summed E-state index contributed by atoms with van der Waals surface area (Å²) in [7, 11) is 3.46. The minimum absolute atomic E-state index is 0.0991. The summed E-state index contributed by atoms with van der Waals surface area (Å²) in [6, 6.07) is 7.32. The predicted octanol–water partition coefficient (Wildman–Crippen LogP) is 1.88. The normalized spacial score (nSPS) is 12.3. The topological polar surface area (TPSA) is 147 Å². The third kappa shape index (κ3) is 3.77. The van der Waals surface area contributed by atoms with Crippen molar-refractivity contribution in [2.45, 2.75) is 6.42 Å². The van der Waals surface area contributed by atoms with Gasteiger partial charge in [-0.15, -0.1) is 5.10 Å². The lowest BCUT2D eigenvalue weighted by atomic mass is 10.0. The fraction of sp³-hybridized carbons (Fsp3) is 0.130. The summed E-state index contributed by atoms with van der Waals surface area (Å²) < 4.78 is 7.24. The lowest BCUT2D eigenvalue weighted by Gasteiger charge is -2.09. The summed E-state index contributed by atoms with van der Waals surface area (Å²) in [4.78, 5) is 36.7. The molecular weight excluding hydrogens is 464 g/mol. The molecule has 0 radical (unpaired) electrons. The van der Waals surface area contributed by atoms with Crippen molar-refractivity contribution < 1.29 is 14.4 Å². The molecule has 0 atom stereocenters. The number of aryl methyl sites for hydroxylation is 1. The number of carbonyl (C=O) groups is 1. The molecule has 0 fully saturated rings. The van der Waals surface area contributed by atoms with E-state index >= 15 is 0 Å². The molecule has 13 heteroatoms. The number of methoxy groups -OCH3 is 1. The summed E-state index contributed by atoms with van der Waals surface area (Å²) >= 11 is 0. The first kappa shape index (κ1) is 21.3. The van der Waals surface area contributed by atoms with Crippen LogP contribution in [0.1, 0.15) is 16.1 Å². The molecule has 36 heavy (non-hydrogen) atoms. The predicted molar refractivity (Wildman–Crippen MR) is 127 cm³/mol. The third-order valence-corrected chi connectivity index (χ3v) is 5.55. The van der Waals surface area contributed by atoms with E-state index in [1.54, 1.807) is 36.3 Å². The molecule has 5 heterocycles. The van der Waals surface area contributed by atoms with E-state index in [1.807, 2.05) is 25.4 Å². The van der Waals surface area contributed by atoms with Crippen molar-refractivity contribution in [3.63, 3.8) is 0 Å². The molecule has 5 aromatic rings. The zero-order chi connectivity index (χ0) is 24.6. The quantitative estimate of drug-likeness (QED) is 0.396. The van der Waals surface area contributed by atoms with Gasteiger partial charge in [-0.05, 0) is 29.5 Å². The molecular formula is C23H18N10O3. The molecule has 0 saturated carbocycles. The molecule has 4 aromatic heterocycles. The summed E-state index contributed by atoms with van der Waals surface area (Å²) in [6.45, 7) is 0. The average molecular weight is 482 g/mol. The SMILES string of the molecule is COc1ccc(-c2cnn(C)c2)c2c1CC(NC(=O)c1cnc(On3nnc4cccnc43)cn1)=N2. The van der Waals surface area contributed by atoms with Crippen molar-refractivity contribution in [2.24, 2.45) is 12.0 Å². The standard InChI is InChI=1S/C23H18N10O3/c1-32-12-13(9-27-32)14-5-6-18(35-2)15-8-19(28-21(14)15)29-23(34)17-10-26-20(11-25-17)36-33-22-16(30-31-33)4-3-7-24-22/h3-7,9-12H,8H2,1-2H3,(H,28,29,34). The number of hydrogen-bond donors (Lipinski definition) is 1. The highest BCUT2D eigenvalue weighted by Gasteiger charge is 2.25. The highest BCUT2D eigenvalue weighted by Crippen LogP contribution is 2.41. The van der Waals surface area contributed by atoms with Crippen molar-refractivity contribution in [3.8, 4) is 22.8 Å². The van der Waals surface area contributed by atoms with Gasteiger partial charge in [0.05, 0.1) is 31.4 Å². The van der Waals surface area contributed by atoms with Crippen molar-refractivity contribution in [2.75, 3.05) is 7.11 Å². The van der Waals surface area contributed by atoms with Crippen LogP contribution in [0.3, 0.4) is 0 Å². The van der Waals surface area contributed by atoms with Crippen LogP contribution in [0.5, 0.6) is 11.6 Å². The monoisotopic (exact) mass is 482 g/mol. The van der Waals surface area contributed by atoms with E-state index in [0.717, 1.165) is 27.2 Å². The van der Waals surface area contributed by atoms with Crippen LogP contribution in [0.4, 0.5) is 5.69 Å². The minimum Gasteiger partial charge on any atom is -0.496 e. The first-order valence-electron chi connectivity index (χ1n) is 10.8. The number of fused-ring (bicyclic) bond motifs is 2. The summed E-state index contributed by atoms with van der Waals surface area (Å²) in [5.41, 5.74) is 4.55. The number of hydrogen-bond acceptors (Lipinski definition) is 10. The van der Waals surface area contributed by atoms with Crippen LogP contribution in [-0.4, -0.2) is 58.7 Å². The number of amides is 1. The molecule has 0 spiro atoms. The first-order chi connectivity index (χ1) is 17.6. The highest BCUT2D eigenvalue weighted by molar-refractivity contribution is 6.09. The second kappa shape index (κ2) is 8.54. The van der Waals surface area contributed by atoms with Crippen LogP contribution in [0.25, 0.3) is 22.3 Å². The van der Waals surface area contributed by atoms with Gasteiger partial charge >= 0.3 is 0 Å². The zero-order valence-electron chi connectivity index (χ0n) is 19.2. The van der Waals surface area contributed by atoms with Gasteiger partial charge in [-0.2, -0.15) is 5.10 Å². The Kier molecular flexibility index (Phi) is 5.06. The van der Waals surface area contributed by atoms with Crippen LogP contribution >= 0.6 is 0 Å². The number of aliphatic imine (C=N–C) groups is 1. The van der Waals surface area contributed by atoms with Crippen LogP contribution in [0.15, 0.2) is 60.2 Å². The lowest BCUT2D eigenvalue weighted by Crippen LogP contribution is -2.31. The van der Waals surface area contributed by atoms with Gasteiger partial charge in [-0.25, -0.2) is 19.9 Å². The molecule has 1 aliphatic heterocycles. The first-order valence-corrected chi connectivity index (χ1v) is 10.8. The van der Waals surface area contributed by atoms with Crippen molar-refractivity contribution in [1.29, 1.82) is 0 Å². The van der Waals surface area contributed by atoms with Crippen molar-refractivity contribution in [1.82, 2.24) is 45.2 Å². The van der Waals surface area contributed by atoms with Crippen molar-refractivity contribution >= 4 is 28.6 Å². The molecule has 1 amide bonds. The van der Waals surface area contributed by atoms with Crippen LogP contribution in [-0.2, 0) is 13.5 Å². The molecule has 0 unspecified atom stereocenters. The molecule has 0 saturated heterocycles. The Morgan fingerprint density at radius 3 is 2.81 bits per heavy atom. The summed E-state index contributed by atoms with van der Waals surface area (Å²) in [5.74, 6) is 0.852. The van der Waals surface area contributed by atoms with Crippen molar-refractivity contribution in [3.05, 3.63) is 66.5 Å². The second-order valence-electron chi connectivity index (χ2n) is 7.87. The van der Waals surface area contributed by atoms with E-state index in [2.05, 4.69) is 40.7 Å². The lowest BCUT2D eigenvalue weighted by molar-refractivity contribution is 0.0971. The van der Waals surface area contributed by atoms with Gasteiger partial charge in [0, 0.05) is 42.6 Å². The Morgan fingerprint density at radius 1 is 1.11 bits per heavy atom. The van der Waals surface area contributed by atoms with Gasteiger partial charge in [0.25, 0.3) is 11.8 Å². The fourth-order valence-corrected chi connectivity index (χ4v) is 3.89. The van der Waals surface area contributed by atoms with Gasteiger partial charge in [0.15, 0.2) is 0 Å². The minimum atomic E-state index is -0.449. The molecule has 13 nitrogen and oxygen atoms in total. The Labute approximate surface area is 203 Å². The van der Waals surface area contributed by atoms with E-state index in [-0.39, 0.29) is 11.6 Å². The van der Waals surface area contributed by atoms with Crippen LogP contribution in [0, 0.1) is 0 Å². The molecule has 1 aromatic carbocycles. The number of rotatable bonds is 5. The molecule has 0 aliphatic carbocycles. The molecule has 1 aliphatic rings. The molecule has 1 N–H and O–H groups in total. The van der Waals surface area contributed by atoms with E-state index < -0.39 is 5.91 Å². The summed E-state index contributed by atoms with van der Waals surface area (Å²) in [6.07, 6.45) is 8.31. The van der Waals surface area contributed by atoms with Gasteiger partial charge < -0.3 is 14.9 Å². The average Bonchev–Trinajstić information content (AvgIpc) is 3.62. The summed E-state index contributed by atoms with van der Waals surface area (Å²) in [5, 5.41) is 14.9. The number of carbonyl (C=O) groups excluding carboxylic acids is 1. The number of aromatic nitrogens is 8. The smallest absolute Gasteiger partial charge is 0.276 e. The number of benzene rings is 1. The Morgan fingerprint density at radius 2 is 2.03 bits per heavy atom. The maximum absolute atomic E-state index is 12.9. The zero-order valence-corrected chi connectivity index (χ0v) is 19.2. The maximum atomic E-state index is 12.9. The number of ether oxygens (including phenoxy) is 1. The second-order valence-corrected chi connectivity index (χ2v) is 7.87. The van der Waals surface area contributed by atoms with E-state index in [0.29, 0.717) is 29.2 Å². The van der Waals surface area contributed by atoms with Gasteiger partial charge in [-0.3, -0.25) is 9.48 Å². The van der Waals surface area contributed by atoms with E-state index in [1.165, 1.54) is 12.4 Å². The number of pyridine rings is 1. The van der Waals surface area contributed by atoms with Crippen LogP contribution < -0.4 is 14.9 Å². The molecule has 6 rings (SSSR count). The fourth-order valence-electron chi connectivity index (χ4n) is 3.89. The Hall–Kier alpha value is -5.20. The van der Waals surface area contributed by atoms with Gasteiger partial charge in [0.2, 0.25) is 5.65 Å². The number of nitrogens with zero attached hydrogens (tertiary/aromatic N) is 9. The van der Waals surface area contributed by atoms with Gasteiger partial charge in [-0.1, -0.05) is 4.85 Å². The van der Waals surface area contributed by atoms with Crippen LogP contribution in [0.2, 0.25) is 0 Å². The third-order valence-electron chi connectivity index (χ3n) is 5.55. The highest BCUT2D eigenvalue weighted by atomic mass is 16.7. The number of amidine groups is 1. The van der Waals surface area contributed by atoms with Gasteiger partial charge in [0.1, 0.15) is 22.8 Å². The largest absolute Gasteiger partial charge is 0.496 e. The number of nitrogens with one attached hydrogen (secondary N) is 1. The van der Waals surface area contributed by atoms with E-state index in [9.17, 15) is 4.79 Å².